The number of aromatic nitrogens is 1. The first kappa shape index (κ1) is 21.0. The Morgan fingerprint density at radius 2 is 1.94 bits per heavy atom. The molecule has 0 saturated carbocycles. The van der Waals surface area contributed by atoms with Crippen molar-refractivity contribution >= 4 is 40.1 Å². The third kappa shape index (κ3) is 4.43. The van der Waals surface area contributed by atoms with Crippen molar-refractivity contribution in [2.24, 2.45) is 0 Å². The summed E-state index contributed by atoms with van der Waals surface area (Å²) in [7, 11) is -0.0430. The molecule has 1 aliphatic heterocycles. The van der Waals surface area contributed by atoms with Crippen molar-refractivity contribution in [3.05, 3.63) is 98.9 Å². The molecular weight excluding hydrogens is 435 g/mol. The zero-order valence-corrected chi connectivity index (χ0v) is 18.0. The van der Waals surface area contributed by atoms with Crippen LogP contribution in [0.2, 0.25) is 5.02 Å². The molecule has 4 nitrogen and oxygen atoms in total. The van der Waals surface area contributed by atoms with Crippen LogP contribution in [-0.4, -0.2) is 22.0 Å². The number of halogens is 2. The Balaban J connectivity index is 1.67. The predicted octanol–water partition coefficient (Wildman–Crippen LogP) is 4.81. The maximum absolute atomic E-state index is 13.4. The van der Waals surface area contributed by atoms with Gasteiger partial charge in [-0.25, -0.2) is 8.60 Å². The molecular formula is C24H16ClFN2O2S. The molecule has 1 aromatic heterocycles. The number of Topliss-reactive ketones (excluding diaryl/α,β-unsaturated/α-hetero) is 1. The van der Waals surface area contributed by atoms with E-state index in [2.05, 4.69) is 16.8 Å². The number of hydrogen-bond donors (Lipinski definition) is 0. The fraction of sp³-hybridized carbons (Fsp3) is 0.0833. The van der Waals surface area contributed by atoms with Crippen LogP contribution in [0.5, 0.6) is 0 Å². The monoisotopic (exact) mass is 450 g/mol. The minimum absolute atomic E-state index is 0.0658. The first-order valence-electron chi connectivity index (χ1n) is 9.33. The number of fused-ring (bicyclic) bond motifs is 1. The Morgan fingerprint density at radius 3 is 2.68 bits per heavy atom. The molecule has 0 bridgehead atoms. The molecule has 0 saturated heterocycles. The Hall–Kier alpha value is -3.27. The van der Waals surface area contributed by atoms with Crippen LogP contribution in [0.25, 0.3) is 6.08 Å². The van der Waals surface area contributed by atoms with Crippen LogP contribution in [0.1, 0.15) is 27.0 Å². The van der Waals surface area contributed by atoms with E-state index >= 15 is 0 Å². The SMILES string of the molecule is CN1c2ccc(C#CCc3ccncc3)cc2C(=O)/C(=C/c2ccc(F)c(Cl)c2)S1=O. The highest BCUT2D eigenvalue weighted by Gasteiger charge is 2.32. The van der Waals surface area contributed by atoms with E-state index in [0.29, 0.717) is 28.8 Å². The number of ketones is 1. The average molecular weight is 451 g/mol. The number of rotatable bonds is 2. The topological polar surface area (TPSA) is 50.3 Å². The Labute approximate surface area is 187 Å². The van der Waals surface area contributed by atoms with Gasteiger partial charge < -0.3 is 0 Å². The van der Waals surface area contributed by atoms with Gasteiger partial charge in [-0.05, 0) is 59.7 Å². The summed E-state index contributed by atoms with van der Waals surface area (Å²) in [6.07, 6.45) is 5.47. The van der Waals surface area contributed by atoms with Crippen LogP contribution >= 0.6 is 11.6 Å². The largest absolute Gasteiger partial charge is 0.290 e. The molecule has 0 amide bonds. The normalized spacial score (nSPS) is 16.6. The van der Waals surface area contributed by atoms with Crippen molar-refractivity contribution in [3.63, 3.8) is 0 Å². The second-order valence-electron chi connectivity index (χ2n) is 6.82. The van der Waals surface area contributed by atoms with Gasteiger partial charge in [0.25, 0.3) is 0 Å². The molecule has 0 fully saturated rings. The highest BCUT2D eigenvalue weighted by atomic mass is 35.5. The molecule has 1 unspecified atom stereocenters. The molecule has 1 atom stereocenters. The van der Waals surface area contributed by atoms with Crippen LogP contribution in [-0.2, 0) is 17.4 Å². The Bertz CT molecular complexity index is 1300. The fourth-order valence-corrected chi connectivity index (χ4v) is 4.46. The molecule has 0 radical (unpaired) electrons. The molecule has 2 heterocycles. The first-order valence-corrected chi connectivity index (χ1v) is 10.8. The molecule has 0 N–H and O–H groups in total. The number of anilines is 1. The highest BCUT2D eigenvalue weighted by Crippen LogP contribution is 2.33. The van der Waals surface area contributed by atoms with E-state index in [9.17, 15) is 13.4 Å². The zero-order valence-electron chi connectivity index (χ0n) is 16.4. The van der Waals surface area contributed by atoms with Crippen molar-refractivity contribution in [1.29, 1.82) is 0 Å². The van der Waals surface area contributed by atoms with E-state index < -0.39 is 16.8 Å². The highest BCUT2D eigenvalue weighted by molar-refractivity contribution is 7.91. The summed E-state index contributed by atoms with van der Waals surface area (Å²) >= 11 is 5.83. The average Bonchev–Trinajstić information content (AvgIpc) is 2.78. The maximum atomic E-state index is 13.4. The van der Waals surface area contributed by atoms with Crippen LogP contribution in [0.3, 0.4) is 0 Å². The zero-order chi connectivity index (χ0) is 22.0. The Morgan fingerprint density at radius 1 is 1.16 bits per heavy atom. The summed E-state index contributed by atoms with van der Waals surface area (Å²) in [5, 5.41) is -0.0658. The van der Waals surface area contributed by atoms with E-state index in [1.165, 1.54) is 28.6 Å². The van der Waals surface area contributed by atoms with E-state index in [4.69, 9.17) is 11.6 Å². The summed E-state index contributed by atoms with van der Waals surface area (Å²) in [5.74, 6) is 5.25. The number of carbonyl (C=O) groups is 1. The molecule has 3 aromatic rings. The molecule has 0 spiro atoms. The lowest BCUT2D eigenvalue weighted by molar-refractivity contribution is 0.104. The van der Waals surface area contributed by atoms with Gasteiger partial charge in [0.15, 0.2) is 11.0 Å². The van der Waals surface area contributed by atoms with Gasteiger partial charge in [0.1, 0.15) is 10.7 Å². The molecule has 7 heteroatoms. The maximum Gasteiger partial charge on any atom is 0.205 e. The molecule has 4 rings (SSSR count). The van der Waals surface area contributed by atoms with Gasteiger partial charge >= 0.3 is 0 Å². The lowest BCUT2D eigenvalue weighted by atomic mass is 10.0. The third-order valence-electron chi connectivity index (χ3n) is 4.76. The number of nitrogens with zero attached hydrogens (tertiary/aromatic N) is 2. The number of allylic oxidation sites excluding steroid dienone is 1. The van der Waals surface area contributed by atoms with Gasteiger partial charge in [0, 0.05) is 37.0 Å². The van der Waals surface area contributed by atoms with Gasteiger partial charge in [-0.2, -0.15) is 0 Å². The van der Waals surface area contributed by atoms with Crippen LogP contribution in [0, 0.1) is 17.7 Å². The third-order valence-corrected chi connectivity index (χ3v) is 6.42. The summed E-state index contributed by atoms with van der Waals surface area (Å²) in [6.45, 7) is 0. The lowest BCUT2D eigenvalue weighted by Crippen LogP contribution is -2.31. The number of benzene rings is 2. The smallest absolute Gasteiger partial charge is 0.205 e. The first-order chi connectivity index (χ1) is 14.9. The Kier molecular flexibility index (Phi) is 5.99. The molecule has 154 valence electrons. The van der Waals surface area contributed by atoms with Crippen molar-refractivity contribution in [2.45, 2.75) is 6.42 Å². The standard InChI is InChI=1S/C24H16ClFN2O2S/c1-28-22-8-6-17(4-2-3-16-9-11-27-12-10-16)13-19(22)24(29)23(31(28)30)15-18-5-7-21(26)20(25)14-18/h5-15H,3H2,1H3/b23-15-. The van der Waals surface area contributed by atoms with E-state index in [1.54, 1.807) is 37.6 Å². The summed E-state index contributed by atoms with van der Waals surface area (Å²) in [4.78, 5) is 17.2. The van der Waals surface area contributed by atoms with Gasteiger partial charge in [-0.1, -0.05) is 29.5 Å². The van der Waals surface area contributed by atoms with Gasteiger partial charge in [-0.3, -0.25) is 14.1 Å². The van der Waals surface area contributed by atoms with Gasteiger partial charge in [0.05, 0.1) is 10.7 Å². The van der Waals surface area contributed by atoms with Crippen molar-refractivity contribution in [2.75, 3.05) is 11.4 Å². The minimum atomic E-state index is -1.70. The summed E-state index contributed by atoms with van der Waals surface area (Å²) < 4.78 is 27.8. The van der Waals surface area contributed by atoms with Gasteiger partial charge in [0.2, 0.25) is 5.78 Å². The second kappa shape index (κ2) is 8.84. The van der Waals surface area contributed by atoms with Crippen LogP contribution in [0.4, 0.5) is 10.1 Å². The van der Waals surface area contributed by atoms with E-state index in [0.717, 1.165) is 5.56 Å². The van der Waals surface area contributed by atoms with Crippen LogP contribution < -0.4 is 4.31 Å². The molecule has 31 heavy (non-hydrogen) atoms. The predicted molar refractivity (Wildman–Crippen MR) is 122 cm³/mol. The quantitative estimate of drug-likeness (QED) is 0.416. The van der Waals surface area contributed by atoms with Crippen molar-refractivity contribution in [3.8, 4) is 11.8 Å². The number of carbonyl (C=O) groups excluding carboxylic acids is 1. The fourth-order valence-electron chi connectivity index (χ4n) is 3.14. The van der Waals surface area contributed by atoms with E-state index in [1.807, 2.05) is 12.1 Å². The van der Waals surface area contributed by atoms with E-state index in [-0.39, 0.29) is 15.7 Å². The summed E-state index contributed by atoms with van der Waals surface area (Å²) in [5.41, 5.74) is 3.21. The van der Waals surface area contributed by atoms with Crippen molar-refractivity contribution < 1.29 is 13.4 Å². The van der Waals surface area contributed by atoms with Gasteiger partial charge in [-0.15, -0.1) is 0 Å². The lowest BCUT2D eigenvalue weighted by Gasteiger charge is -2.27. The second-order valence-corrected chi connectivity index (χ2v) is 8.72. The van der Waals surface area contributed by atoms with Crippen molar-refractivity contribution in [1.82, 2.24) is 4.98 Å². The van der Waals surface area contributed by atoms with Crippen LogP contribution in [0.15, 0.2) is 65.8 Å². The number of pyridine rings is 1. The molecule has 2 aromatic carbocycles. The minimum Gasteiger partial charge on any atom is -0.290 e. The number of hydrogen-bond acceptors (Lipinski definition) is 3. The summed E-state index contributed by atoms with van der Waals surface area (Å²) in [6, 6.07) is 13.1. The molecule has 0 aliphatic carbocycles. The molecule has 1 aliphatic rings.